The van der Waals surface area contributed by atoms with Gasteiger partial charge >= 0.3 is 0 Å². The Balaban J connectivity index is 1.71. The zero-order chi connectivity index (χ0) is 13.9. The molecule has 106 valence electrons. The molecule has 1 heterocycles. The lowest BCUT2D eigenvalue weighted by Crippen LogP contribution is -1.96. The van der Waals surface area contributed by atoms with E-state index in [0.29, 0.717) is 11.6 Å². The van der Waals surface area contributed by atoms with Crippen molar-refractivity contribution in [2.75, 3.05) is 5.73 Å². The maximum Gasteiger partial charge on any atom is 0.260 e. The standard InChI is InChI=1S/C14H16BrN3OS/c15-9-5-6-12(16)11(7-9)14-17-13(18-19-14)8-20-10-3-1-2-4-10/h5-7,10H,1-4,8,16H2. The van der Waals surface area contributed by atoms with Gasteiger partial charge in [0.15, 0.2) is 5.82 Å². The minimum atomic E-state index is 0.492. The molecule has 0 amide bonds. The molecule has 1 aliphatic carbocycles. The van der Waals surface area contributed by atoms with Gasteiger partial charge < -0.3 is 10.3 Å². The van der Waals surface area contributed by atoms with Crippen LogP contribution in [-0.2, 0) is 5.75 Å². The maximum atomic E-state index is 5.95. The van der Waals surface area contributed by atoms with Crippen molar-refractivity contribution in [3.8, 4) is 11.5 Å². The van der Waals surface area contributed by atoms with Crippen LogP contribution in [0.5, 0.6) is 0 Å². The van der Waals surface area contributed by atoms with Crippen LogP contribution in [0.3, 0.4) is 0 Å². The number of hydrogen-bond donors (Lipinski definition) is 1. The second kappa shape index (κ2) is 6.18. The van der Waals surface area contributed by atoms with Crippen molar-refractivity contribution >= 4 is 33.4 Å². The molecule has 0 bridgehead atoms. The summed E-state index contributed by atoms with van der Waals surface area (Å²) in [5.41, 5.74) is 7.38. The summed E-state index contributed by atoms with van der Waals surface area (Å²) < 4.78 is 6.27. The van der Waals surface area contributed by atoms with Gasteiger partial charge in [-0.15, -0.1) is 0 Å². The van der Waals surface area contributed by atoms with Gasteiger partial charge in [-0.2, -0.15) is 16.7 Å². The molecule has 2 N–H and O–H groups in total. The lowest BCUT2D eigenvalue weighted by molar-refractivity contribution is 0.425. The summed E-state index contributed by atoms with van der Waals surface area (Å²) in [6.45, 7) is 0. The zero-order valence-electron chi connectivity index (χ0n) is 11.0. The molecule has 0 saturated heterocycles. The average Bonchev–Trinajstić information content (AvgIpc) is 3.10. The smallest absolute Gasteiger partial charge is 0.260 e. The summed E-state index contributed by atoms with van der Waals surface area (Å²) in [6.07, 6.45) is 5.33. The molecule has 1 aromatic carbocycles. The van der Waals surface area contributed by atoms with Gasteiger partial charge in [0.05, 0.1) is 11.3 Å². The highest BCUT2D eigenvalue weighted by molar-refractivity contribution is 9.10. The molecular formula is C14H16BrN3OS. The zero-order valence-corrected chi connectivity index (χ0v) is 13.4. The third kappa shape index (κ3) is 3.17. The minimum Gasteiger partial charge on any atom is -0.398 e. The highest BCUT2D eigenvalue weighted by Crippen LogP contribution is 2.32. The first-order valence-electron chi connectivity index (χ1n) is 6.72. The Bertz CT molecular complexity index is 596. The van der Waals surface area contributed by atoms with Crippen molar-refractivity contribution in [1.82, 2.24) is 10.1 Å². The van der Waals surface area contributed by atoms with Gasteiger partial charge in [-0.05, 0) is 31.0 Å². The Morgan fingerprint density at radius 3 is 2.95 bits per heavy atom. The van der Waals surface area contributed by atoms with Crippen LogP contribution in [0.4, 0.5) is 5.69 Å². The number of rotatable bonds is 4. The van der Waals surface area contributed by atoms with E-state index in [1.165, 1.54) is 25.7 Å². The molecular weight excluding hydrogens is 338 g/mol. The molecule has 0 atom stereocenters. The van der Waals surface area contributed by atoms with Gasteiger partial charge in [0, 0.05) is 15.4 Å². The third-order valence-electron chi connectivity index (χ3n) is 3.46. The Morgan fingerprint density at radius 1 is 1.35 bits per heavy atom. The lowest BCUT2D eigenvalue weighted by atomic mass is 10.2. The number of hydrogen-bond acceptors (Lipinski definition) is 5. The first kappa shape index (κ1) is 13.9. The topological polar surface area (TPSA) is 64.9 Å². The van der Waals surface area contributed by atoms with Gasteiger partial charge in [-0.1, -0.05) is 33.9 Å². The summed E-state index contributed by atoms with van der Waals surface area (Å²) in [7, 11) is 0. The molecule has 2 aromatic rings. The van der Waals surface area contributed by atoms with E-state index in [0.717, 1.165) is 26.9 Å². The Morgan fingerprint density at radius 2 is 2.15 bits per heavy atom. The molecule has 0 spiro atoms. The molecule has 20 heavy (non-hydrogen) atoms. The number of benzene rings is 1. The highest BCUT2D eigenvalue weighted by atomic mass is 79.9. The molecule has 4 nitrogen and oxygen atoms in total. The summed E-state index contributed by atoms with van der Waals surface area (Å²) in [5, 5.41) is 4.80. The van der Waals surface area contributed by atoms with Gasteiger partial charge in [0.1, 0.15) is 0 Å². The van der Waals surface area contributed by atoms with Crippen LogP contribution in [-0.4, -0.2) is 15.4 Å². The van der Waals surface area contributed by atoms with E-state index in [1.807, 2.05) is 30.0 Å². The van der Waals surface area contributed by atoms with Crippen LogP contribution in [0.15, 0.2) is 27.2 Å². The summed E-state index contributed by atoms with van der Waals surface area (Å²) in [5.74, 6) is 2.05. The van der Waals surface area contributed by atoms with E-state index in [1.54, 1.807) is 0 Å². The van der Waals surface area contributed by atoms with Gasteiger partial charge in [0.2, 0.25) is 0 Å². The normalized spacial score (nSPS) is 15.8. The molecule has 1 fully saturated rings. The van der Waals surface area contributed by atoms with E-state index >= 15 is 0 Å². The molecule has 0 unspecified atom stereocenters. The van der Waals surface area contributed by atoms with E-state index in [9.17, 15) is 0 Å². The number of aromatic nitrogens is 2. The van der Waals surface area contributed by atoms with Gasteiger partial charge in [0.25, 0.3) is 5.89 Å². The number of nitrogen functional groups attached to an aromatic ring is 1. The molecule has 0 radical (unpaired) electrons. The fourth-order valence-corrected chi connectivity index (χ4v) is 3.91. The average molecular weight is 354 g/mol. The predicted octanol–water partition coefficient (Wildman–Crippen LogP) is 4.26. The second-order valence-corrected chi connectivity index (χ2v) is 7.17. The van der Waals surface area contributed by atoms with Gasteiger partial charge in [-0.3, -0.25) is 0 Å². The molecule has 1 saturated carbocycles. The van der Waals surface area contributed by atoms with Crippen molar-refractivity contribution < 1.29 is 4.52 Å². The fraction of sp³-hybridized carbons (Fsp3) is 0.429. The first-order chi connectivity index (χ1) is 9.72. The summed E-state index contributed by atoms with van der Waals surface area (Å²) in [6, 6.07) is 5.62. The monoisotopic (exact) mass is 353 g/mol. The van der Waals surface area contributed by atoms with E-state index in [-0.39, 0.29) is 0 Å². The first-order valence-corrected chi connectivity index (χ1v) is 8.56. The van der Waals surface area contributed by atoms with E-state index in [2.05, 4.69) is 26.1 Å². The number of anilines is 1. The second-order valence-electron chi connectivity index (χ2n) is 4.96. The Labute approximate surface area is 130 Å². The summed E-state index contributed by atoms with van der Waals surface area (Å²) >= 11 is 5.35. The van der Waals surface area contributed by atoms with Gasteiger partial charge in [-0.25, -0.2) is 0 Å². The quantitative estimate of drug-likeness (QED) is 0.832. The predicted molar refractivity (Wildman–Crippen MR) is 85.4 cm³/mol. The van der Waals surface area contributed by atoms with Crippen LogP contribution >= 0.6 is 27.7 Å². The molecule has 3 rings (SSSR count). The lowest BCUT2D eigenvalue weighted by Gasteiger charge is -2.05. The highest BCUT2D eigenvalue weighted by Gasteiger charge is 2.17. The van der Waals surface area contributed by atoms with Crippen molar-refractivity contribution in [2.24, 2.45) is 0 Å². The molecule has 1 aliphatic rings. The van der Waals surface area contributed by atoms with Crippen LogP contribution in [0.1, 0.15) is 31.5 Å². The molecule has 1 aromatic heterocycles. The SMILES string of the molecule is Nc1ccc(Br)cc1-c1nc(CSC2CCCC2)no1. The van der Waals surface area contributed by atoms with E-state index < -0.39 is 0 Å². The minimum absolute atomic E-state index is 0.492. The summed E-state index contributed by atoms with van der Waals surface area (Å²) in [4.78, 5) is 4.44. The number of nitrogens with two attached hydrogens (primary N) is 1. The molecule has 0 aliphatic heterocycles. The number of thioether (sulfide) groups is 1. The third-order valence-corrected chi connectivity index (χ3v) is 5.33. The Hall–Kier alpha value is -1.01. The van der Waals surface area contributed by atoms with Crippen molar-refractivity contribution in [3.63, 3.8) is 0 Å². The maximum absolute atomic E-state index is 5.95. The van der Waals surface area contributed by atoms with E-state index in [4.69, 9.17) is 10.3 Å². The van der Waals surface area contributed by atoms with Crippen LogP contribution in [0, 0.1) is 0 Å². The largest absolute Gasteiger partial charge is 0.398 e. The van der Waals surface area contributed by atoms with Crippen molar-refractivity contribution in [1.29, 1.82) is 0 Å². The van der Waals surface area contributed by atoms with Crippen LogP contribution in [0.2, 0.25) is 0 Å². The van der Waals surface area contributed by atoms with Crippen molar-refractivity contribution in [3.05, 3.63) is 28.5 Å². The fourth-order valence-electron chi connectivity index (χ4n) is 2.38. The number of nitrogens with zero attached hydrogens (tertiary/aromatic N) is 2. The Kier molecular flexibility index (Phi) is 4.31. The van der Waals surface area contributed by atoms with Crippen LogP contribution < -0.4 is 5.73 Å². The number of halogens is 1. The molecule has 6 heteroatoms. The van der Waals surface area contributed by atoms with Crippen molar-refractivity contribution in [2.45, 2.75) is 36.7 Å². The van der Waals surface area contributed by atoms with Crippen LogP contribution in [0.25, 0.3) is 11.5 Å².